The van der Waals surface area contributed by atoms with Gasteiger partial charge in [0.1, 0.15) is 0 Å². The SMILES string of the molecule is OC(C#Cc1ccc2ccccc2c1)(c1ccccc1)c1ccccc1. The highest BCUT2D eigenvalue weighted by atomic mass is 16.3. The van der Waals surface area contributed by atoms with E-state index in [-0.39, 0.29) is 0 Å². The largest absolute Gasteiger partial charge is 0.369 e. The molecule has 0 radical (unpaired) electrons. The van der Waals surface area contributed by atoms with Gasteiger partial charge in [-0.2, -0.15) is 0 Å². The third-order valence-electron chi connectivity index (χ3n) is 4.52. The Morgan fingerprint density at radius 3 is 1.73 bits per heavy atom. The number of aliphatic hydroxyl groups is 1. The highest BCUT2D eigenvalue weighted by Gasteiger charge is 2.29. The molecule has 0 aliphatic rings. The van der Waals surface area contributed by atoms with E-state index in [9.17, 15) is 5.11 Å². The maximum atomic E-state index is 11.5. The van der Waals surface area contributed by atoms with Gasteiger partial charge < -0.3 is 5.11 Å². The molecule has 124 valence electrons. The van der Waals surface area contributed by atoms with E-state index < -0.39 is 5.60 Å². The Morgan fingerprint density at radius 1 is 0.577 bits per heavy atom. The van der Waals surface area contributed by atoms with E-state index in [1.165, 1.54) is 5.39 Å². The molecule has 0 heterocycles. The predicted molar refractivity (Wildman–Crippen MR) is 107 cm³/mol. The zero-order chi connectivity index (χ0) is 17.8. The zero-order valence-electron chi connectivity index (χ0n) is 14.3. The molecule has 4 aromatic carbocycles. The quantitative estimate of drug-likeness (QED) is 0.504. The van der Waals surface area contributed by atoms with Crippen LogP contribution in [0.25, 0.3) is 10.8 Å². The number of hydrogen-bond acceptors (Lipinski definition) is 1. The molecule has 0 aliphatic heterocycles. The first-order valence-electron chi connectivity index (χ1n) is 8.61. The first-order valence-corrected chi connectivity index (χ1v) is 8.61. The minimum atomic E-state index is -1.35. The average Bonchev–Trinajstić information content (AvgIpc) is 2.73. The van der Waals surface area contributed by atoms with Gasteiger partial charge in [0, 0.05) is 16.7 Å². The molecule has 0 aromatic heterocycles. The Hall–Kier alpha value is -3.34. The molecular weight excluding hydrogens is 316 g/mol. The number of hydrogen-bond donors (Lipinski definition) is 1. The summed E-state index contributed by atoms with van der Waals surface area (Å²) in [7, 11) is 0. The molecular formula is C25H18O. The summed E-state index contributed by atoms with van der Waals surface area (Å²) in [6.07, 6.45) is 0. The predicted octanol–water partition coefficient (Wildman–Crippen LogP) is 5.13. The lowest BCUT2D eigenvalue weighted by atomic mass is 9.86. The van der Waals surface area contributed by atoms with Crippen LogP contribution in [0.3, 0.4) is 0 Å². The van der Waals surface area contributed by atoms with Gasteiger partial charge >= 0.3 is 0 Å². The maximum absolute atomic E-state index is 11.5. The summed E-state index contributed by atoms with van der Waals surface area (Å²) < 4.78 is 0. The van der Waals surface area contributed by atoms with Gasteiger partial charge in [0.2, 0.25) is 0 Å². The minimum absolute atomic E-state index is 0.763. The van der Waals surface area contributed by atoms with Crippen molar-refractivity contribution in [3.8, 4) is 11.8 Å². The van der Waals surface area contributed by atoms with Crippen molar-refractivity contribution in [1.29, 1.82) is 0 Å². The van der Waals surface area contributed by atoms with Gasteiger partial charge in [0.15, 0.2) is 5.60 Å². The summed E-state index contributed by atoms with van der Waals surface area (Å²) in [5.74, 6) is 6.29. The lowest BCUT2D eigenvalue weighted by Gasteiger charge is -2.23. The molecule has 0 unspecified atom stereocenters. The van der Waals surface area contributed by atoms with Crippen LogP contribution < -0.4 is 0 Å². The second-order valence-electron chi connectivity index (χ2n) is 6.25. The molecule has 26 heavy (non-hydrogen) atoms. The fourth-order valence-corrected chi connectivity index (χ4v) is 3.10. The molecule has 1 nitrogen and oxygen atoms in total. The smallest absolute Gasteiger partial charge is 0.177 e. The zero-order valence-corrected chi connectivity index (χ0v) is 14.3. The Balaban J connectivity index is 1.82. The van der Waals surface area contributed by atoms with Crippen LogP contribution in [0.4, 0.5) is 0 Å². The summed E-state index contributed by atoms with van der Waals surface area (Å²) >= 11 is 0. The monoisotopic (exact) mass is 334 g/mol. The molecule has 1 N–H and O–H groups in total. The second-order valence-corrected chi connectivity index (χ2v) is 6.25. The molecule has 4 aromatic rings. The van der Waals surface area contributed by atoms with Crippen molar-refractivity contribution in [1.82, 2.24) is 0 Å². The summed E-state index contributed by atoms with van der Waals surface area (Å²) in [6, 6.07) is 33.5. The molecule has 0 saturated carbocycles. The van der Waals surface area contributed by atoms with Gasteiger partial charge in [0.05, 0.1) is 0 Å². The fraction of sp³-hybridized carbons (Fsp3) is 0.0400. The van der Waals surface area contributed by atoms with Crippen LogP contribution in [0, 0.1) is 11.8 Å². The number of rotatable bonds is 2. The van der Waals surface area contributed by atoms with Crippen molar-refractivity contribution < 1.29 is 5.11 Å². The standard InChI is InChI=1S/C25H18O/c26-25(23-11-3-1-4-12-23,24-13-5-2-6-14-24)18-17-20-15-16-21-9-7-8-10-22(21)19-20/h1-16,19,26H. The van der Waals surface area contributed by atoms with E-state index >= 15 is 0 Å². The Labute approximate surface area is 153 Å². The van der Waals surface area contributed by atoms with Crippen molar-refractivity contribution >= 4 is 10.8 Å². The fourth-order valence-electron chi connectivity index (χ4n) is 3.10. The third kappa shape index (κ3) is 3.11. The molecule has 0 amide bonds. The highest BCUT2D eigenvalue weighted by Crippen LogP contribution is 2.29. The topological polar surface area (TPSA) is 20.2 Å². The molecule has 0 spiro atoms. The summed E-state index contributed by atoms with van der Waals surface area (Å²) in [5.41, 5.74) is 1.06. The average molecular weight is 334 g/mol. The van der Waals surface area contributed by atoms with Crippen LogP contribution in [0.1, 0.15) is 16.7 Å². The third-order valence-corrected chi connectivity index (χ3v) is 4.52. The van der Waals surface area contributed by atoms with Crippen LogP contribution in [0.2, 0.25) is 0 Å². The Bertz CT molecular complexity index is 1050. The molecule has 0 fully saturated rings. The normalized spacial score (nSPS) is 11.0. The van der Waals surface area contributed by atoms with Gasteiger partial charge in [-0.05, 0) is 22.9 Å². The van der Waals surface area contributed by atoms with Gasteiger partial charge in [-0.15, -0.1) is 0 Å². The molecule has 4 rings (SSSR count). The van der Waals surface area contributed by atoms with Crippen LogP contribution >= 0.6 is 0 Å². The summed E-state index contributed by atoms with van der Waals surface area (Å²) in [5, 5.41) is 13.8. The van der Waals surface area contributed by atoms with Crippen LogP contribution in [0.5, 0.6) is 0 Å². The van der Waals surface area contributed by atoms with E-state index in [1.807, 2.05) is 78.9 Å². The summed E-state index contributed by atoms with van der Waals surface area (Å²) in [6.45, 7) is 0. The van der Waals surface area contributed by atoms with E-state index in [4.69, 9.17) is 0 Å². The Kier molecular flexibility index (Phi) is 4.27. The molecule has 0 aliphatic carbocycles. The molecule has 0 bridgehead atoms. The summed E-state index contributed by atoms with van der Waals surface area (Å²) in [4.78, 5) is 0. The van der Waals surface area contributed by atoms with Crippen molar-refractivity contribution in [3.63, 3.8) is 0 Å². The van der Waals surface area contributed by atoms with Crippen molar-refractivity contribution in [2.24, 2.45) is 0 Å². The number of benzene rings is 4. The molecule has 0 saturated heterocycles. The van der Waals surface area contributed by atoms with E-state index in [2.05, 4.69) is 36.1 Å². The van der Waals surface area contributed by atoms with E-state index in [1.54, 1.807) is 0 Å². The second kappa shape index (κ2) is 6.88. The molecule has 1 heteroatoms. The van der Waals surface area contributed by atoms with Crippen molar-refractivity contribution in [2.45, 2.75) is 5.60 Å². The van der Waals surface area contributed by atoms with Gasteiger partial charge in [-0.1, -0.05) is 103 Å². The van der Waals surface area contributed by atoms with E-state index in [0.29, 0.717) is 0 Å². The highest BCUT2D eigenvalue weighted by molar-refractivity contribution is 5.83. The first kappa shape index (κ1) is 16.1. The van der Waals surface area contributed by atoms with Gasteiger partial charge in [-0.25, -0.2) is 0 Å². The van der Waals surface area contributed by atoms with Gasteiger partial charge in [-0.3, -0.25) is 0 Å². The number of fused-ring (bicyclic) bond motifs is 1. The van der Waals surface area contributed by atoms with Gasteiger partial charge in [0.25, 0.3) is 0 Å². The van der Waals surface area contributed by atoms with Crippen LogP contribution in [-0.4, -0.2) is 5.11 Å². The lowest BCUT2D eigenvalue weighted by Crippen LogP contribution is -2.25. The first-order chi connectivity index (χ1) is 12.8. The van der Waals surface area contributed by atoms with Crippen LogP contribution in [-0.2, 0) is 5.60 Å². The van der Waals surface area contributed by atoms with E-state index in [0.717, 1.165) is 22.1 Å². The Morgan fingerprint density at radius 2 is 1.12 bits per heavy atom. The lowest BCUT2D eigenvalue weighted by molar-refractivity contribution is 0.145. The minimum Gasteiger partial charge on any atom is -0.369 e. The van der Waals surface area contributed by atoms with Crippen molar-refractivity contribution in [2.75, 3.05) is 0 Å². The van der Waals surface area contributed by atoms with Crippen LogP contribution in [0.15, 0.2) is 103 Å². The maximum Gasteiger partial charge on any atom is 0.177 e. The van der Waals surface area contributed by atoms with Crippen molar-refractivity contribution in [3.05, 3.63) is 120 Å². The molecule has 0 atom stereocenters.